The average Bonchev–Trinajstić information content (AvgIpc) is 3.48. The maximum absolute atomic E-state index is 13.1. The van der Waals surface area contributed by atoms with Crippen molar-refractivity contribution in [3.63, 3.8) is 0 Å². The molecule has 31 heavy (non-hydrogen) atoms. The summed E-state index contributed by atoms with van der Waals surface area (Å²) >= 11 is 1.59. The molecular weight excluding hydrogens is 414 g/mol. The Kier molecular flexibility index (Phi) is 5.52. The van der Waals surface area contributed by atoms with E-state index in [4.69, 9.17) is 4.74 Å². The van der Waals surface area contributed by atoms with E-state index >= 15 is 0 Å². The molecule has 4 heterocycles. The Morgan fingerprint density at radius 1 is 1.06 bits per heavy atom. The number of hydrogen-bond donors (Lipinski definition) is 0. The van der Waals surface area contributed by atoms with Crippen molar-refractivity contribution in [2.75, 3.05) is 26.2 Å². The van der Waals surface area contributed by atoms with Gasteiger partial charge in [-0.3, -0.25) is 9.59 Å². The minimum atomic E-state index is -0.145. The van der Waals surface area contributed by atoms with Gasteiger partial charge in [-0.25, -0.2) is 4.68 Å². The molecule has 3 aromatic rings. The van der Waals surface area contributed by atoms with Gasteiger partial charge in [0.15, 0.2) is 5.69 Å². The lowest BCUT2D eigenvalue weighted by atomic mass is 10.1. The molecule has 2 aromatic heterocycles. The molecule has 0 N–H and O–H groups in total. The van der Waals surface area contributed by atoms with Crippen LogP contribution >= 0.6 is 11.3 Å². The molecule has 0 bridgehead atoms. The molecule has 1 aromatic carbocycles. The number of nitrogens with zero attached hydrogens (tertiary/aromatic N) is 5. The highest BCUT2D eigenvalue weighted by Crippen LogP contribution is 2.27. The van der Waals surface area contributed by atoms with Crippen molar-refractivity contribution in [3.05, 3.63) is 69.7 Å². The van der Waals surface area contributed by atoms with Gasteiger partial charge in [0.25, 0.3) is 5.91 Å². The minimum absolute atomic E-state index is 0.101. The molecule has 0 saturated carbocycles. The summed E-state index contributed by atoms with van der Waals surface area (Å²) in [5.74, 6) is -0.0418. The third-order valence-electron chi connectivity index (χ3n) is 5.83. The number of amides is 2. The molecule has 1 fully saturated rings. The Labute approximate surface area is 184 Å². The SMILES string of the molecule is O=C(Cc1ccsc1)N1CCN(C(=O)c2nnn3c2CO[C@H](c2ccccc2)C3)CC1. The number of fused-ring (bicyclic) bond motifs is 1. The van der Waals surface area contributed by atoms with Crippen molar-refractivity contribution in [1.82, 2.24) is 24.8 Å². The van der Waals surface area contributed by atoms with Crippen molar-refractivity contribution < 1.29 is 14.3 Å². The first-order chi connectivity index (χ1) is 15.2. The number of aromatic nitrogens is 3. The lowest BCUT2D eigenvalue weighted by Gasteiger charge is -2.34. The summed E-state index contributed by atoms with van der Waals surface area (Å²) in [4.78, 5) is 29.1. The van der Waals surface area contributed by atoms with Gasteiger partial charge in [-0.05, 0) is 28.0 Å². The lowest BCUT2D eigenvalue weighted by Crippen LogP contribution is -2.51. The first-order valence-corrected chi connectivity index (χ1v) is 11.3. The van der Waals surface area contributed by atoms with Gasteiger partial charge in [0.2, 0.25) is 5.91 Å². The number of thiophene rings is 1. The summed E-state index contributed by atoms with van der Waals surface area (Å²) in [5, 5.41) is 12.4. The first kappa shape index (κ1) is 19.9. The van der Waals surface area contributed by atoms with Gasteiger partial charge in [-0.15, -0.1) is 5.10 Å². The zero-order valence-electron chi connectivity index (χ0n) is 17.0. The number of rotatable bonds is 4. The van der Waals surface area contributed by atoms with E-state index in [2.05, 4.69) is 10.3 Å². The summed E-state index contributed by atoms with van der Waals surface area (Å²) in [6.07, 6.45) is 0.312. The maximum Gasteiger partial charge on any atom is 0.276 e. The third kappa shape index (κ3) is 4.11. The number of ether oxygens (including phenoxy) is 1. The highest BCUT2D eigenvalue weighted by molar-refractivity contribution is 7.08. The van der Waals surface area contributed by atoms with Crippen molar-refractivity contribution in [2.24, 2.45) is 0 Å². The average molecular weight is 438 g/mol. The normalized spacial score (nSPS) is 18.6. The molecule has 0 radical (unpaired) electrons. The summed E-state index contributed by atoms with van der Waals surface area (Å²) in [6, 6.07) is 12.0. The van der Waals surface area contributed by atoms with Gasteiger partial charge in [0.1, 0.15) is 6.10 Å². The number of piperazine rings is 1. The van der Waals surface area contributed by atoms with E-state index in [0.29, 0.717) is 57.1 Å². The van der Waals surface area contributed by atoms with Crippen LogP contribution in [0.2, 0.25) is 0 Å². The standard InChI is InChI=1S/C22H23N5O3S/c28-20(12-16-6-11-31-15-16)25-7-9-26(10-8-25)22(29)21-18-14-30-19(13-27(18)24-23-21)17-4-2-1-3-5-17/h1-6,11,15,19H,7-10,12-14H2/t19-/m0/s1. The number of benzene rings is 1. The van der Waals surface area contributed by atoms with Crippen molar-refractivity contribution >= 4 is 23.2 Å². The number of carbonyl (C=O) groups excluding carboxylic acids is 2. The zero-order chi connectivity index (χ0) is 21.2. The molecular formula is C22H23N5O3S. The van der Waals surface area contributed by atoms with Gasteiger partial charge in [0.05, 0.1) is 25.3 Å². The van der Waals surface area contributed by atoms with Crippen LogP contribution in [0.25, 0.3) is 0 Å². The Morgan fingerprint density at radius 3 is 2.58 bits per heavy atom. The quantitative estimate of drug-likeness (QED) is 0.625. The topological polar surface area (TPSA) is 80.6 Å². The van der Waals surface area contributed by atoms with Crippen LogP contribution in [0.15, 0.2) is 47.2 Å². The lowest BCUT2D eigenvalue weighted by molar-refractivity contribution is -0.131. The molecule has 2 amide bonds. The van der Waals surface area contributed by atoms with Crippen LogP contribution in [-0.4, -0.2) is 62.8 Å². The van der Waals surface area contributed by atoms with Crippen LogP contribution in [0, 0.1) is 0 Å². The molecule has 2 aliphatic rings. The Balaban J connectivity index is 1.20. The van der Waals surface area contributed by atoms with Crippen molar-refractivity contribution in [1.29, 1.82) is 0 Å². The Morgan fingerprint density at radius 2 is 1.84 bits per heavy atom. The van der Waals surface area contributed by atoms with Crippen LogP contribution in [0.3, 0.4) is 0 Å². The fourth-order valence-electron chi connectivity index (χ4n) is 4.04. The third-order valence-corrected chi connectivity index (χ3v) is 6.56. The van der Waals surface area contributed by atoms with E-state index in [-0.39, 0.29) is 17.9 Å². The van der Waals surface area contributed by atoms with Gasteiger partial charge in [-0.1, -0.05) is 35.5 Å². The summed E-state index contributed by atoms with van der Waals surface area (Å²) in [7, 11) is 0. The molecule has 8 nitrogen and oxygen atoms in total. The van der Waals surface area contributed by atoms with Crippen LogP contribution in [0.5, 0.6) is 0 Å². The van der Waals surface area contributed by atoms with Crippen LogP contribution in [-0.2, 0) is 29.1 Å². The first-order valence-electron chi connectivity index (χ1n) is 10.4. The molecule has 9 heteroatoms. The van der Waals surface area contributed by atoms with Gasteiger partial charge in [0, 0.05) is 26.2 Å². The van der Waals surface area contributed by atoms with E-state index < -0.39 is 0 Å². The number of carbonyl (C=O) groups is 2. The zero-order valence-corrected chi connectivity index (χ0v) is 17.8. The highest BCUT2D eigenvalue weighted by atomic mass is 32.1. The van der Waals surface area contributed by atoms with Gasteiger partial charge in [-0.2, -0.15) is 11.3 Å². The maximum atomic E-state index is 13.1. The second kappa shape index (κ2) is 8.60. The largest absolute Gasteiger partial charge is 0.365 e. The van der Waals surface area contributed by atoms with Crippen molar-refractivity contribution in [3.8, 4) is 0 Å². The van der Waals surface area contributed by atoms with E-state index in [1.54, 1.807) is 20.9 Å². The molecule has 2 aliphatic heterocycles. The summed E-state index contributed by atoms with van der Waals surface area (Å²) < 4.78 is 7.77. The van der Waals surface area contributed by atoms with Crippen molar-refractivity contribution in [2.45, 2.75) is 25.7 Å². The van der Waals surface area contributed by atoms with Crippen LogP contribution < -0.4 is 0 Å². The second-order valence-corrected chi connectivity index (χ2v) is 8.54. The molecule has 1 saturated heterocycles. The van der Waals surface area contributed by atoms with E-state index in [1.165, 1.54) is 0 Å². The molecule has 0 spiro atoms. The van der Waals surface area contributed by atoms with Crippen LogP contribution in [0.4, 0.5) is 0 Å². The highest BCUT2D eigenvalue weighted by Gasteiger charge is 2.32. The number of hydrogen-bond acceptors (Lipinski definition) is 6. The minimum Gasteiger partial charge on any atom is -0.365 e. The monoisotopic (exact) mass is 437 g/mol. The van der Waals surface area contributed by atoms with E-state index in [0.717, 1.165) is 11.1 Å². The van der Waals surface area contributed by atoms with Crippen LogP contribution in [0.1, 0.15) is 33.4 Å². The molecule has 5 rings (SSSR count). The Hall–Kier alpha value is -3.04. The van der Waals surface area contributed by atoms with Gasteiger partial charge >= 0.3 is 0 Å². The fraction of sp³-hybridized carbons (Fsp3) is 0.364. The molecule has 0 unspecified atom stereocenters. The summed E-state index contributed by atoms with van der Waals surface area (Å²) in [6.45, 7) is 2.88. The van der Waals surface area contributed by atoms with E-state index in [1.807, 2.05) is 52.1 Å². The second-order valence-electron chi connectivity index (χ2n) is 7.76. The molecule has 0 aliphatic carbocycles. The smallest absolute Gasteiger partial charge is 0.276 e. The predicted molar refractivity (Wildman–Crippen MR) is 115 cm³/mol. The van der Waals surface area contributed by atoms with Gasteiger partial charge < -0.3 is 14.5 Å². The predicted octanol–water partition coefficient (Wildman–Crippen LogP) is 2.14. The summed E-state index contributed by atoms with van der Waals surface area (Å²) in [5.41, 5.74) is 3.19. The molecule has 1 atom stereocenters. The molecule has 160 valence electrons. The fourth-order valence-corrected chi connectivity index (χ4v) is 4.70. The van der Waals surface area contributed by atoms with E-state index in [9.17, 15) is 9.59 Å². The Bertz CT molecular complexity index is 1060.